The number of carbonyl (C=O) groups excluding carboxylic acids is 1. The number of carbonyl (C=O) groups is 1. The number of rotatable bonds is 4. The molecule has 2 aromatic rings. The van der Waals surface area contributed by atoms with E-state index in [-0.39, 0.29) is 12.1 Å². The smallest absolute Gasteiger partial charge is 0.322 e. The number of aromatic nitrogens is 1. The Morgan fingerprint density at radius 1 is 1.04 bits per heavy atom. The minimum atomic E-state index is -0.0560. The number of pyridine rings is 1. The molecule has 2 fully saturated rings. The molecule has 2 aliphatic heterocycles. The maximum absolute atomic E-state index is 12.5. The molecule has 0 saturated carbocycles. The van der Waals surface area contributed by atoms with Gasteiger partial charge in [0.25, 0.3) is 0 Å². The van der Waals surface area contributed by atoms with Crippen molar-refractivity contribution in [3.8, 4) is 0 Å². The largest absolute Gasteiger partial charge is 0.373 e. The van der Waals surface area contributed by atoms with Crippen LogP contribution in [0.25, 0.3) is 0 Å². The number of nitrogens with zero attached hydrogens (tertiary/aromatic N) is 4. The van der Waals surface area contributed by atoms with Crippen LogP contribution in [0.4, 0.5) is 16.3 Å². The van der Waals surface area contributed by atoms with E-state index in [0.29, 0.717) is 19.7 Å². The molecule has 2 amide bonds. The Labute approximate surface area is 165 Å². The second-order valence-corrected chi connectivity index (χ2v) is 7.21. The number of piperazine rings is 1. The van der Waals surface area contributed by atoms with Gasteiger partial charge in [-0.05, 0) is 24.3 Å². The van der Waals surface area contributed by atoms with E-state index in [1.807, 2.05) is 53.6 Å². The number of hydrogen-bond donors (Lipinski definition) is 1. The zero-order chi connectivity index (χ0) is 19.2. The first-order valence-corrected chi connectivity index (χ1v) is 9.89. The number of benzene rings is 1. The first kappa shape index (κ1) is 18.7. The van der Waals surface area contributed by atoms with Crippen LogP contribution in [0.5, 0.6) is 0 Å². The Balaban J connectivity index is 1.25. The molecule has 1 N–H and O–H groups in total. The van der Waals surface area contributed by atoms with Crippen LogP contribution in [-0.2, 0) is 4.74 Å². The molecule has 3 heterocycles. The van der Waals surface area contributed by atoms with E-state index < -0.39 is 0 Å². The number of anilines is 2. The van der Waals surface area contributed by atoms with Crippen LogP contribution in [0, 0.1) is 0 Å². The third-order valence-corrected chi connectivity index (χ3v) is 5.26. The molecule has 4 rings (SSSR count). The average molecular weight is 381 g/mol. The molecule has 0 radical (unpaired) electrons. The summed E-state index contributed by atoms with van der Waals surface area (Å²) in [6.45, 7) is 6.57. The van der Waals surface area contributed by atoms with Crippen LogP contribution in [0.1, 0.15) is 0 Å². The van der Waals surface area contributed by atoms with Gasteiger partial charge >= 0.3 is 6.03 Å². The molecule has 7 nitrogen and oxygen atoms in total. The van der Waals surface area contributed by atoms with Gasteiger partial charge in [-0.15, -0.1) is 0 Å². The standard InChI is InChI=1S/C21H27N5O2/c27-21(23-18-6-2-1-3-7-18)26-14-15-28-19(17-26)16-24-10-12-25(13-11-24)20-8-4-5-9-22-20/h1-9,19H,10-17H2,(H,23,27). The maximum atomic E-state index is 12.5. The summed E-state index contributed by atoms with van der Waals surface area (Å²) >= 11 is 0. The number of para-hydroxylation sites is 1. The Morgan fingerprint density at radius 2 is 1.82 bits per heavy atom. The monoisotopic (exact) mass is 381 g/mol. The molecule has 28 heavy (non-hydrogen) atoms. The third kappa shape index (κ3) is 4.79. The topological polar surface area (TPSA) is 60.9 Å². The molecular weight excluding hydrogens is 354 g/mol. The molecule has 0 aliphatic carbocycles. The lowest BCUT2D eigenvalue weighted by Crippen LogP contribution is -2.54. The molecule has 1 aromatic heterocycles. The summed E-state index contributed by atoms with van der Waals surface area (Å²) in [6.07, 6.45) is 1.89. The number of ether oxygens (including phenoxy) is 1. The molecule has 1 unspecified atom stereocenters. The van der Waals surface area contributed by atoms with Gasteiger partial charge in [0.15, 0.2) is 0 Å². The molecule has 0 spiro atoms. The van der Waals surface area contributed by atoms with Crippen molar-refractivity contribution >= 4 is 17.5 Å². The van der Waals surface area contributed by atoms with Gasteiger partial charge in [-0.1, -0.05) is 24.3 Å². The minimum absolute atomic E-state index is 0.0525. The fourth-order valence-electron chi connectivity index (χ4n) is 3.73. The van der Waals surface area contributed by atoms with Gasteiger partial charge in [-0.3, -0.25) is 4.90 Å². The Morgan fingerprint density at radius 3 is 2.57 bits per heavy atom. The summed E-state index contributed by atoms with van der Waals surface area (Å²) in [4.78, 5) is 23.6. The minimum Gasteiger partial charge on any atom is -0.373 e. The lowest BCUT2D eigenvalue weighted by Gasteiger charge is -2.39. The maximum Gasteiger partial charge on any atom is 0.322 e. The Kier molecular flexibility index (Phi) is 6.04. The van der Waals surface area contributed by atoms with E-state index in [1.54, 1.807) is 0 Å². The number of hydrogen-bond acceptors (Lipinski definition) is 5. The zero-order valence-electron chi connectivity index (χ0n) is 16.0. The van der Waals surface area contributed by atoms with Gasteiger partial charge in [-0.25, -0.2) is 9.78 Å². The van der Waals surface area contributed by atoms with Crippen molar-refractivity contribution in [1.82, 2.24) is 14.8 Å². The number of nitrogens with one attached hydrogen (secondary N) is 1. The lowest BCUT2D eigenvalue weighted by atomic mass is 10.2. The number of urea groups is 1. The fourth-order valence-corrected chi connectivity index (χ4v) is 3.73. The third-order valence-electron chi connectivity index (χ3n) is 5.26. The molecule has 0 bridgehead atoms. The van der Waals surface area contributed by atoms with E-state index in [0.717, 1.165) is 44.2 Å². The SMILES string of the molecule is O=C(Nc1ccccc1)N1CCOC(CN2CCN(c3ccccn3)CC2)C1. The van der Waals surface area contributed by atoms with Crippen molar-refractivity contribution in [3.63, 3.8) is 0 Å². The summed E-state index contributed by atoms with van der Waals surface area (Å²) in [6, 6.07) is 15.6. The Bertz CT molecular complexity index is 750. The fraction of sp³-hybridized carbons (Fsp3) is 0.429. The highest BCUT2D eigenvalue weighted by Crippen LogP contribution is 2.15. The first-order chi connectivity index (χ1) is 13.8. The number of amides is 2. The summed E-state index contributed by atoms with van der Waals surface area (Å²) in [7, 11) is 0. The van der Waals surface area contributed by atoms with Gasteiger partial charge in [0, 0.05) is 57.7 Å². The molecule has 2 aliphatic rings. The molecule has 148 valence electrons. The van der Waals surface area contributed by atoms with Crippen LogP contribution in [0.15, 0.2) is 54.7 Å². The van der Waals surface area contributed by atoms with Crippen LogP contribution >= 0.6 is 0 Å². The summed E-state index contributed by atoms with van der Waals surface area (Å²) in [5.41, 5.74) is 0.821. The second-order valence-electron chi connectivity index (χ2n) is 7.21. The van der Waals surface area contributed by atoms with Gasteiger partial charge in [0.2, 0.25) is 0 Å². The van der Waals surface area contributed by atoms with Crippen molar-refractivity contribution in [3.05, 3.63) is 54.7 Å². The van der Waals surface area contributed by atoms with E-state index in [1.165, 1.54) is 0 Å². The van der Waals surface area contributed by atoms with Crippen LogP contribution in [-0.4, -0.2) is 79.3 Å². The molecular formula is C21H27N5O2. The highest BCUT2D eigenvalue weighted by Gasteiger charge is 2.27. The van der Waals surface area contributed by atoms with Crippen LogP contribution in [0.2, 0.25) is 0 Å². The van der Waals surface area contributed by atoms with E-state index >= 15 is 0 Å². The second kappa shape index (κ2) is 9.03. The summed E-state index contributed by atoms with van der Waals surface area (Å²) in [5, 5.41) is 2.96. The van der Waals surface area contributed by atoms with Gasteiger partial charge in [0.1, 0.15) is 5.82 Å². The summed E-state index contributed by atoms with van der Waals surface area (Å²) in [5.74, 6) is 1.04. The van der Waals surface area contributed by atoms with Gasteiger partial charge in [0.05, 0.1) is 12.7 Å². The highest BCUT2D eigenvalue weighted by molar-refractivity contribution is 5.89. The quantitative estimate of drug-likeness (QED) is 0.879. The van der Waals surface area contributed by atoms with Crippen LogP contribution < -0.4 is 10.2 Å². The molecule has 2 saturated heterocycles. The predicted octanol–water partition coefficient (Wildman–Crippen LogP) is 2.14. The van der Waals surface area contributed by atoms with Crippen molar-refractivity contribution in [2.45, 2.75) is 6.10 Å². The Hall–Kier alpha value is -2.64. The van der Waals surface area contributed by atoms with Crippen molar-refractivity contribution in [2.24, 2.45) is 0 Å². The van der Waals surface area contributed by atoms with Crippen LogP contribution in [0.3, 0.4) is 0 Å². The summed E-state index contributed by atoms with van der Waals surface area (Å²) < 4.78 is 5.93. The van der Waals surface area contributed by atoms with Crippen molar-refractivity contribution in [1.29, 1.82) is 0 Å². The average Bonchev–Trinajstić information content (AvgIpc) is 2.76. The normalized spacial score (nSPS) is 20.8. The van der Waals surface area contributed by atoms with E-state index in [9.17, 15) is 4.79 Å². The lowest BCUT2D eigenvalue weighted by molar-refractivity contribution is -0.0295. The van der Waals surface area contributed by atoms with Gasteiger partial charge < -0.3 is 19.9 Å². The van der Waals surface area contributed by atoms with Gasteiger partial charge in [-0.2, -0.15) is 0 Å². The van der Waals surface area contributed by atoms with E-state index in [2.05, 4.69) is 26.2 Å². The molecule has 1 atom stereocenters. The van der Waals surface area contributed by atoms with E-state index in [4.69, 9.17) is 4.74 Å². The zero-order valence-corrected chi connectivity index (χ0v) is 16.0. The highest BCUT2D eigenvalue weighted by atomic mass is 16.5. The first-order valence-electron chi connectivity index (χ1n) is 9.89. The predicted molar refractivity (Wildman–Crippen MR) is 110 cm³/mol. The molecule has 1 aromatic carbocycles. The van der Waals surface area contributed by atoms with Crippen molar-refractivity contribution in [2.75, 3.05) is 62.6 Å². The van der Waals surface area contributed by atoms with Crippen molar-refractivity contribution < 1.29 is 9.53 Å². The number of morpholine rings is 1. The molecule has 7 heteroatoms.